The number of fused-ring (bicyclic) bond motifs is 1. The number of nitrogens with zero attached hydrogens (tertiary/aromatic N) is 2. The number of benzene rings is 3. The van der Waals surface area contributed by atoms with E-state index in [1.54, 1.807) is 42.5 Å². The van der Waals surface area contributed by atoms with Crippen molar-refractivity contribution >= 4 is 34.0 Å². The van der Waals surface area contributed by atoms with Crippen LogP contribution in [-0.2, 0) is 16.6 Å². The number of aryl methyl sites for hydroxylation is 1. The van der Waals surface area contributed by atoms with Gasteiger partial charge in [-0.25, -0.2) is 0 Å². The number of amides is 1. The molecule has 8 nitrogen and oxygen atoms in total. The van der Waals surface area contributed by atoms with E-state index in [0.717, 1.165) is 10.9 Å². The summed E-state index contributed by atoms with van der Waals surface area (Å²) in [4.78, 5) is 28.7. The Bertz CT molecular complexity index is 1550. The van der Waals surface area contributed by atoms with Gasteiger partial charge in [-0.15, -0.1) is 0 Å². The van der Waals surface area contributed by atoms with Gasteiger partial charge in [0.25, 0.3) is 11.7 Å². The molecule has 1 unspecified atom stereocenters. The second kappa shape index (κ2) is 9.39. The van der Waals surface area contributed by atoms with Crippen LogP contribution in [0, 0.1) is 0 Å². The standard InChI is InChI=1S/C29H26N2O6/c1-30-16-20(19-11-5-6-12-21(19)30)26-25(27(32)24-22(36-3)13-8-14-23(24)37-4)28(33)29(34)31(26)17-9-7-10-18(15-17)35-2/h5-16,26,32H,1-4H3/b27-25+. The quantitative estimate of drug-likeness (QED) is 0.233. The lowest BCUT2D eigenvalue weighted by Crippen LogP contribution is -2.29. The number of rotatable bonds is 6. The zero-order valence-electron chi connectivity index (χ0n) is 20.9. The summed E-state index contributed by atoms with van der Waals surface area (Å²) in [5.41, 5.74) is 2.21. The van der Waals surface area contributed by atoms with Gasteiger partial charge >= 0.3 is 0 Å². The number of aromatic nitrogens is 1. The van der Waals surface area contributed by atoms with Gasteiger partial charge in [0.15, 0.2) is 0 Å². The maximum absolute atomic E-state index is 13.7. The van der Waals surface area contributed by atoms with Crippen LogP contribution in [0.4, 0.5) is 5.69 Å². The van der Waals surface area contributed by atoms with Gasteiger partial charge < -0.3 is 23.9 Å². The maximum atomic E-state index is 13.7. The van der Waals surface area contributed by atoms with Crippen LogP contribution < -0.4 is 19.1 Å². The fraction of sp³-hybridized carbons (Fsp3) is 0.172. The van der Waals surface area contributed by atoms with Crippen LogP contribution in [0.25, 0.3) is 16.7 Å². The Hall–Kier alpha value is -4.72. The molecule has 5 rings (SSSR count). The van der Waals surface area contributed by atoms with Gasteiger partial charge in [-0.3, -0.25) is 14.5 Å². The predicted octanol–water partition coefficient (Wildman–Crippen LogP) is 4.83. The minimum atomic E-state index is -0.923. The van der Waals surface area contributed by atoms with Crippen molar-refractivity contribution in [2.75, 3.05) is 26.2 Å². The second-order valence-corrected chi connectivity index (χ2v) is 8.62. The third kappa shape index (κ3) is 3.78. The van der Waals surface area contributed by atoms with Gasteiger partial charge in [-0.1, -0.05) is 30.3 Å². The van der Waals surface area contributed by atoms with Crippen molar-refractivity contribution in [1.82, 2.24) is 4.57 Å². The van der Waals surface area contributed by atoms with Crippen molar-refractivity contribution in [2.24, 2.45) is 7.05 Å². The predicted molar refractivity (Wildman–Crippen MR) is 140 cm³/mol. The molecule has 4 aromatic rings. The van der Waals surface area contributed by atoms with E-state index in [2.05, 4.69) is 0 Å². The molecule has 2 heterocycles. The van der Waals surface area contributed by atoms with E-state index in [1.807, 2.05) is 42.1 Å². The highest BCUT2D eigenvalue weighted by Gasteiger charge is 2.48. The summed E-state index contributed by atoms with van der Waals surface area (Å²) in [7, 11) is 6.35. The Balaban J connectivity index is 1.85. The minimum Gasteiger partial charge on any atom is -0.506 e. The van der Waals surface area contributed by atoms with Gasteiger partial charge in [-0.2, -0.15) is 0 Å². The van der Waals surface area contributed by atoms with Gasteiger partial charge in [0.05, 0.1) is 32.9 Å². The van der Waals surface area contributed by atoms with Gasteiger partial charge in [0, 0.05) is 41.5 Å². The Labute approximate surface area is 213 Å². The lowest BCUT2D eigenvalue weighted by atomic mass is 9.94. The Morgan fingerprint density at radius 3 is 2.22 bits per heavy atom. The number of aliphatic hydroxyl groups is 1. The maximum Gasteiger partial charge on any atom is 0.300 e. The highest BCUT2D eigenvalue weighted by molar-refractivity contribution is 6.52. The summed E-state index contributed by atoms with van der Waals surface area (Å²) in [6.45, 7) is 0. The molecule has 1 aliphatic rings. The summed E-state index contributed by atoms with van der Waals surface area (Å²) < 4.78 is 18.3. The molecule has 37 heavy (non-hydrogen) atoms. The molecule has 1 fully saturated rings. The smallest absolute Gasteiger partial charge is 0.300 e. The number of carbonyl (C=O) groups is 2. The molecular weight excluding hydrogens is 472 g/mol. The highest BCUT2D eigenvalue weighted by Crippen LogP contribution is 2.47. The summed E-state index contributed by atoms with van der Waals surface area (Å²) in [5.74, 6) is -0.812. The van der Waals surface area contributed by atoms with Gasteiger partial charge in [-0.05, 0) is 30.3 Å². The van der Waals surface area contributed by atoms with Crippen LogP contribution in [0.5, 0.6) is 17.2 Å². The third-order valence-corrected chi connectivity index (χ3v) is 6.66. The molecule has 0 aliphatic carbocycles. The first-order valence-corrected chi connectivity index (χ1v) is 11.6. The van der Waals surface area contributed by atoms with Crippen LogP contribution in [0.1, 0.15) is 17.2 Å². The molecule has 0 saturated carbocycles. The van der Waals surface area contributed by atoms with E-state index in [0.29, 0.717) is 28.5 Å². The van der Waals surface area contributed by atoms with Crippen molar-refractivity contribution in [2.45, 2.75) is 6.04 Å². The molecule has 1 saturated heterocycles. The SMILES string of the molecule is COc1cccc(N2C(=O)C(=O)/C(=C(/O)c3c(OC)cccc3OC)C2c2cn(C)c3ccccc23)c1. The van der Waals surface area contributed by atoms with E-state index < -0.39 is 17.7 Å². The molecule has 0 spiro atoms. The fourth-order valence-corrected chi connectivity index (χ4v) is 4.96. The average molecular weight is 499 g/mol. The minimum absolute atomic E-state index is 0.0630. The van der Waals surface area contributed by atoms with Crippen molar-refractivity contribution in [1.29, 1.82) is 0 Å². The summed E-state index contributed by atoms with van der Waals surface area (Å²) in [5, 5.41) is 12.5. The molecule has 1 amide bonds. The topological polar surface area (TPSA) is 90.2 Å². The zero-order valence-corrected chi connectivity index (χ0v) is 20.9. The lowest BCUT2D eigenvalue weighted by Gasteiger charge is -2.25. The summed E-state index contributed by atoms with van der Waals surface area (Å²) in [6, 6.07) is 18.7. The van der Waals surface area contributed by atoms with E-state index in [4.69, 9.17) is 14.2 Å². The van der Waals surface area contributed by atoms with E-state index in [-0.39, 0.29) is 16.9 Å². The van der Waals surface area contributed by atoms with Crippen molar-refractivity contribution in [3.63, 3.8) is 0 Å². The average Bonchev–Trinajstić information content (AvgIpc) is 3.40. The third-order valence-electron chi connectivity index (χ3n) is 6.66. The number of ether oxygens (including phenoxy) is 3. The largest absolute Gasteiger partial charge is 0.506 e. The highest BCUT2D eigenvalue weighted by atomic mass is 16.5. The monoisotopic (exact) mass is 498 g/mol. The number of ketones is 1. The number of carbonyl (C=O) groups excluding carboxylic acids is 2. The van der Waals surface area contributed by atoms with E-state index in [1.165, 1.54) is 26.2 Å². The van der Waals surface area contributed by atoms with Crippen LogP contribution in [0.15, 0.2) is 78.5 Å². The number of Topliss-reactive ketones (excluding diaryl/α,β-unsaturated/α-hetero) is 1. The molecule has 3 aromatic carbocycles. The van der Waals surface area contributed by atoms with Crippen molar-refractivity contribution in [3.05, 3.63) is 89.6 Å². The normalized spacial score (nSPS) is 16.9. The first kappa shape index (κ1) is 24.0. The number of hydrogen-bond donors (Lipinski definition) is 1. The number of hydrogen-bond acceptors (Lipinski definition) is 6. The van der Waals surface area contributed by atoms with Crippen molar-refractivity contribution < 1.29 is 28.9 Å². The molecule has 0 bridgehead atoms. The van der Waals surface area contributed by atoms with E-state index in [9.17, 15) is 14.7 Å². The van der Waals surface area contributed by atoms with Gasteiger partial charge in [0.1, 0.15) is 28.6 Å². The Morgan fingerprint density at radius 1 is 0.865 bits per heavy atom. The number of aliphatic hydroxyl groups excluding tert-OH is 1. The molecule has 1 N–H and O–H groups in total. The molecule has 1 aliphatic heterocycles. The summed E-state index contributed by atoms with van der Waals surface area (Å²) in [6.07, 6.45) is 1.88. The molecule has 1 atom stereocenters. The molecule has 8 heteroatoms. The molecule has 188 valence electrons. The number of methoxy groups -OCH3 is 3. The molecule has 1 aromatic heterocycles. The van der Waals surface area contributed by atoms with Crippen molar-refractivity contribution in [3.8, 4) is 17.2 Å². The first-order chi connectivity index (χ1) is 17.9. The first-order valence-electron chi connectivity index (χ1n) is 11.6. The molecule has 0 radical (unpaired) electrons. The van der Waals surface area contributed by atoms with Crippen LogP contribution >= 0.6 is 0 Å². The Morgan fingerprint density at radius 2 is 1.54 bits per heavy atom. The molecular formula is C29H26N2O6. The second-order valence-electron chi connectivity index (χ2n) is 8.62. The van der Waals surface area contributed by atoms with Crippen LogP contribution in [-0.4, -0.2) is 42.7 Å². The summed E-state index contributed by atoms with van der Waals surface area (Å²) >= 11 is 0. The number of anilines is 1. The number of para-hydroxylation sites is 1. The van der Waals surface area contributed by atoms with Crippen LogP contribution in [0.3, 0.4) is 0 Å². The van der Waals surface area contributed by atoms with Gasteiger partial charge in [0.2, 0.25) is 0 Å². The lowest BCUT2D eigenvalue weighted by molar-refractivity contribution is -0.132. The van der Waals surface area contributed by atoms with Crippen LogP contribution in [0.2, 0.25) is 0 Å². The Kier molecular flexibility index (Phi) is 6.09. The van der Waals surface area contributed by atoms with E-state index >= 15 is 0 Å². The zero-order chi connectivity index (χ0) is 26.3. The fourth-order valence-electron chi connectivity index (χ4n) is 4.96.